The summed E-state index contributed by atoms with van der Waals surface area (Å²) < 4.78 is 0. The minimum absolute atomic E-state index is 0.482. The summed E-state index contributed by atoms with van der Waals surface area (Å²) in [5.41, 5.74) is 0. The molecule has 1 N–H and O–H groups in total. The average molecular weight is 153 g/mol. The molecule has 2 nitrogen and oxygen atoms in total. The second-order valence-electron chi connectivity index (χ2n) is 3.43. The number of hydrogen-bond donors (Lipinski definition) is 1. The Labute approximate surface area is 68.9 Å². The van der Waals surface area contributed by atoms with Crippen molar-refractivity contribution in [1.82, 2.24) is 0 Å². The van der Waals surface area contributed by atoms with E-state index < -0.39 is 0 Å². The van der Waals surface area contributed by atoms with Crippen LogP contribution < -0.4 is 0 Å². The van der Waals surface area contributed by atoms with Crippen molar-refractivity contribution in [3.8, 4) is 0 Å². The fraction of sp³-hybridized carbons (Fsp3) is 0.889. The Morgan fingerprint density at radius 3 is 2.55 bits per heavy atom. The summed E-state index contributed by atoms with van der Waals surface area (Å²) in [4.78, 5) is 0. The molecule has 11 heavy (non-hydrogen) atoms. The summed E-state index contributed by atoms with van der Waals surface area (Å²) in [6, 6.07) is 0. The lowest BCUT2D eigenvalue weighted by Crippen LogP contribution is -2.11. The van der Waals surface area contributed by atoms with E-state index in [9.17, 15) is 0 Å². The van der Waals surface area contributed by atoms with Crippen molar-refractivity contribution >= 4 is 5.84 Å². The van der Waals surface area contributed by atoms with Gasteiger partial charge in [-0.15, -0.1) is 0 Å². The first-order chi connectivity index (χ1) is 5.29. The highest BCUT2D eigenvalue weighted by Crippen LogP contribution is 2.24. The minimum Gasteiger partial charge on any atom is -0.486 e. The monoisotopic (exact) mass is 153 g/mol. The van der Waals surface area contributed by atoms with E-state index in [1.165, 1.54) is 32.1 Å². The van der Waals surface area contributed by atoms with Crippen LogP contribution in [0.5, 0.6) is 0 Å². The van der Waals surface area contributed by atoms with Gasteiger partial charge in [0, 0.05) is 0 Å². The fourth-order valence-electron chi connectivity index (χ4n) is 1.64. The summed E-state index contributed by atoms with van der Waals surface area (Å²) in [6.45, 7) is 2.65. The first-order valence-corrected chi connectivity index (χ1v) is 4.51. The summed E-state index contributed by atoms with van der Waals surface area (Å²) in [5.74, 6) is 1.26. The molecule has 0 amide bonds. The molecule has 0 aromatic heterocycles. The Hall–Kier alpha value is -0.530. The van der Waals surface area contributed by atoms with Gasteiger partial charge in [0.05, 0.1) is 0 Å². The molecule has 2 heteroatoms. The van der Waals surface area contributed by atoms with E-state index in [4.69, 9.17) is 5.41 Å². The number of nitrogens with zero attached hydrogens (tertiary/aromatic N) is 1. The molecular formula is C9H17N2-. The molecule has 0 atom stereocenters. The maximum Gasteiger partial charge on any atom is -0.0421 e. The van der Waals surface area contributed by atoms with Gasteiger partial charge in [0.15, 0.2) is 0 Å². The molecule has 1 aliphatic rings. The summed E-state index contributed by atoms with van der Waals surface area (Å²) in [5, 5.41) is 11.3. The molecule has 0 unspecified atom stereocenters. The van der Waals surface area contributed by atoms with Crippen LogP contribution >= 0.6 is 0 Å². The predicted molar refractivity (Wildman–Crippen MR) is 48.2 cm³/mol. The van der Waals surface area contributed by atoms with Gasteiger partial charge in [-0.1, -0.05) is 37.9 Å². The molecule has 0 aromatic carbocycles. The van der Waals surface area contributed by atoms with Crippen molar-refractivity contribution in [3.63, 3.8) is 0 Å². The standard InChI is InChI=1S/C9H17N2/c1-8(10)11-7-9-5-3-2-4-6-9/h9H,2-7H2,1H3,(H-,10,11)/q-1. The van der Waals surface area contributed by atoms with Crippen LogP contribution in [0.1, 0.15) is 39.0 Å². The van der Waals surface area contributed by atoms with E-state index in [0.29, 0.717) is 5.84 Å². The third-order valence-electron chi connectivity index (χ3n) is 2.31. The molecule has 0 heterocycles. The van der Waals surface area contributed by atoms with Crippen LogP contribution in [0.3, 0.4) is 0 Å². The van der Waals surface area contributed by atoms with E-state index in [0.717, 1.165) is 12.5 Å². The molecule has 0 aromatic rings. The van der Waals surface area contributed by atoms with Crippen molar-refractivity contribution in [1.29, 1.82) is 5.41 Å². The maximum atomic E-state index is 7.15. The SMILES string of the molecule is CC(=N)[N-]CC1CCCCC1. The van der Waals surface area contributed by atoms with E-state index >= 15 is 0 Å². The van der Waals surface area contributed by atoms with Gasteiger partial charge < -0.3 is 10.7 Å². The van der Waals surface area contributed by atoms with Crippen molar-refractivity contribution in [3.05, 3.63) is 5.32 Å². The fourth-order valence-corrected chi connectivity index (χ4v) is 1.64. The molecule has 1 aliphatic carbocycles. The molecule has 0 aliphatic heterocycles. The third-order valence-corrected chi connectivity index (χ3v) is 2.31. The number of amidine groups is 1. The van der Waals surface area contributed by atoms with Crippen LogP contribution in [0, 0.1) is 11.3 Å². The quantitative estimate of drug-likeness (QED) is 0.468. The zero-order chi connectivity index (χ0) is 8.10. The Morgan fingerprint density at radius 1 is 1.36 bits per heavy atom. The van der Waals surface area contributed by atoms with Crippen LogP contribution in [-0.4, -0.2) is 12.4 Å². The smallest absolute Gasteiger partial charge is 0.0421 e. The van der Waals surface area contributed by atoms with Crippen molar-refractivity contribution in [2.45, 2.75) is 39.0 Å². The summed E-state index contributed by atoms with van der Waals surface area (Å²) in [6.07, 6.45) is 6.81. The lowest BCUT2D eigenvalue weighted by atomic mass is 9.89. The van der Waals surface area contributed by atoms with Gasteiger partial charge >= 0.3 is 0 Å². The Bertz CT molecular complexity index is 126. The highest BCUT2D eigenvalue weighted by Gasteiger charge is 2.10. The molecule has 1 fully saturated rings. The van der Waals surface area contributed by atoms with E-state index in [2.05, 4.69) is 5.32 Å². The normalized spacial score (nSPS) is 19.7. The van der Waals surface area contributed by atoms with Gasteiger partial charge in [0.25, 0.3) is 0 Å². The minimum atomic E-state index is 0.482. The number of rotatable bonds is 2. The lowest BCUT2D eigenvalue weighted by Gasteiger charge is -2.25. The topological polar surface area (TPSA) is 38.0 Å². The number of hydrogen-bond acceptors (Lipinski definition) is 1. The van der Waals surface area contributed by atoms with Crippen LogP contribution in [-0.2, 0) is 0 Å². The van der Waals surface area contributed by atoms with Gasteiger partial charge in [-0.25, -0.2) is 0 Å². The van der Waals surface area contributed by atoms with E-state index in [1.54, 1.807) is 6.92 Å². The van der Waals surface area contributed by atoms with Crippen molar-refractivity contribution in [2.75, 3.05) is 6.54 Å². The van der Waals surface area contributed by atoms with Gasteiger partial charge in [0.1, 0.15) is 0 Å². The molecule has 0 radical (unpaired) electrons. The van der Waals surface area contributed by atoms with Gasteiger partial charge in [-0.05, 0) is 19.4 Å². The second kappa shape index (κ2) is 4.37. The Balaban J connectivity index is 2.09. The zero-order valence-electron chi connectivity index (χ0n) is 7.27. The lowest BCUT2D eigenvalue weighted by molar-refractivity contribution is 0.378. The van der Waals surface area contributed by atoms with Crippen LogP contribution in [0.4, 0.5) is 0 Å². The van der Waals surface area contributed by atoms with Crippen molar-refractivity contribution < 1.29 is 0 Å². The van der Waals surface area contributed by atoms with E-state index in [-0.39, 0.29) is 0 Å². The molecular weight excluding hydrogens is 136 g/mol. The molecule has 1 saturated carbocycles. The van der Waals surface area contributed by atoms with Crippen LogP contribution in [0.15, 0.2) is 0 Å². The third kappa shape index (κ3) is 3.40. The predicted octanol–water partition coefficient (Wildman–Crippen LogP) is 2.94. The average Bonchev–Trinajstić information content (AvgIpc) is 2.03. The summed E-state index contributed by atoms with van der Waals surface area (Å²) >= 11 is 0. The van der Waals surface area contributed by atoms with Crippen molar-refractivity contribution in [2.24, 2.45) is 5.92 Å². The largest absolute Gasteiger partial charge is 0.486 e. The Kier molecular flexibility index (Phi) is 3.40. The molecule has 0 spiro atoms. The first-order valence-electron chi connectivity index (χ1n) is 4.51. The molecule has 64 valence electrons. The second-order valence-corrected chi connectivity index (χ2v) is 3.43. The molecule has 0 bridgehead atoms. The van der Waals surface area contributed by atoms with Crippen LogP contribution in [0.25, 0.3) is 5.32 Å². The van der Waals surface area contributed by atoms with Gasteiger partial charge in [-0.3, -0.25) is 0 Å². The zero-order valence-corrected chi connectivity index (χ0v) is 7.27. The maximum absolute atomic E-state index is 7.15. The Morgan fingerprint density at radius 2 is 2.00 bits per heavy atom. The van der Waals surface area contributed by atoms with Gasteiger partial charge in [0.2, 0.25) is 0 Å². The van der Waals surface area contributed by atoms with Crippen LogP contribution in [0.2, 0.25) is 0 Å². The highest BCUT2D eigenvalue weighted by atomic mass is 14.9. The number of nitrogens with one attached hydrogen (secondary N) is 1. The van der Waals surface area contributed by atoms with E-state index in [1.807, 2.05) is 0 Å². The molecule has 0 saturated heterocycles. The first kappa shape index (κ1) is 8.57. The molecule has 1 rings (SSSR count). The summed E-state index contributed by atoms with van der Waals surface area (Å²) in [7, 11) is 0. The highest BCUT2D eigenvalue weighted by molar-refractivity contribution is 5.89. The van der Waals surface area contributed by atoms with Gasteiger partial charge in [-0.2, -0.15) is 0 Å².